The van der Waals surface area contributed by atoms with Crippen molar-refractivity contribution in [3.63, 3.8) is 0 Å². The highest BCUT2D eigenvalue weighted by molar-refractivity contribution is 8.18. The van der Waals surface area contributed by atoms with Crippen LogP contribution >= 0.6 is 11.8 Å². The summed E-state index contributed by atoms with van der Waals surface area (Å²) >= 11 is 0.919. The molecular formula is C22H22N2O4S. The Morgan fingerprint density at radius 3 is 2.55 bits per heavy atom. The van der Waals surface area contributed by atoms with E-state index in [-0.39, 0.29) is 29.7 Å². The van der Waals surface area contributed by atoms with Gasteiger partial charge in [0.1, 0.15) is 5.75 Å². The lowest BCUT2D eigenvalue weighted by Crippen LogP contribution is -2.36. The Morgan fingerprint density at radius 1 is 1.14 bits per heavy atom. The zero-order valence-electron chi connectivity index (χ0n) is 16.3. The van der Waals surface area contributed by atoms with Gasteiger partial charge in [-0.2, -0.15) is 0 Å². The third kappa shape index (κ3) is 5.06. The summed E-state index contributed by atoms with van der Waals surface area (Å²) in [4.78, 5) is 38.6. The summed E-state index contributed by atoms with van der Waals surface area (Å²) in [6.45, 7) is 3.61. The van der Waals surface area contributed by atoms with Gasteiger partial charge in [-0.15, -0.1) is 0 Å². The van der Waals surface area contributed by atoms with Crippen LogP contribution in [-0.4, -0.2) is 34.6 Å². The van der Waals surface area contributed by atoms with Crippen molar-refractivity contribution in [2.45, 2.75) is 26.3 Å². The molecule has 0 radical (unpaired) electrons. The van der Waals surface area contributed by atoms with Gasteiger partial charge >= 0.3 is 0 Å². The monoisotopic (exact) mass is 410 g/mol. The van der Waals surface area contributed by atoms with Crippen molar-refractivity contribution in [3.05, 3.63) is 65.1 Å². The van der Waals surface area contributed by atoms with Crippen LogP contribution in [0.25, 0.3) is 6.08 Å². The molecule has 1 fully saturated rings. The molecule has 150 valence electrons. The summed E-state index contributed by atoms with van der Waals surface area (Å²) in [5.74, 6) is -0.125. The van der Waals surface area contributed by atoms with E-state index in [1.54, 1.807) is 36.4 Å². The van der Waals surface area contributed by atoms with E-state index in [2.05, 4.69) is 5.32 Å². The van der Waals surface area contributed by atoms with E-state index in [0.717, 1.165) is 11.8 Å². The van der Waals surface area contributed by atoms with Gasteiger partial charge in [-0.05, 0) is 49.4 Å². The number of hydrogen-bond donors (Lipinski definition) is 1. The average molecular weight is 410 g/mol. The number of nitrogens with zero attached hydrogens (tertiary/aromatic N) is 1. The summed E-state index contributed by atoms with van der Waals surface area (Å²) in [6, 6.07) is 16.1. The maximum absolute atomic E-state index is 12.6. The second kappa shape index (κ2) is 9.43. The number of thioether (sulfide) groups is 1. The summed E-state index contributed by atoms with van der Waals surface area (Å²) in [5, 5.41) is 2.49. The van der Waals surface area contributed by atoms with Crippen LogP contribution in [0.15, 0.2) is 59.5 Å². The molecule has 0 saturated carbocycles. The number of ether oxygens (including phenoxy) is 1. The number of anilines is 1. The zero-order chi connectivity index (χ0) is 20.8. The minimum atomic E-state index is -0.300. The van der Waals surface area contributed by atoms with Crippen LogP contribution < -0.4 is 10.1 Å². The molecule has 29 heavy (non-hydrogen) atoms. The molecule has 1 heterocycles. The first-order valence-corrected chi connectivity index (χ1v) is 10.1. The Bertz CT molecular complexity index is 943. The van der Waals surface area contributed by atoms with Gasteiger partial charge in [-0.3, -0.25) is 19.3 Å². The number of rotatable bonds is 7. The largest absolute Gasteiger partial charge is 0.483 e. The number of nitrogens with one attached hydrogen (secondary N) is 1. The average Bonchev–Trinajstić information content (AvgIpc) is 3.00. The maximum Gasteiger partial charge on any atom is 0.293 e. The van der Waals surface area contributed by atoms with Gasteiger partial charge in [0.15, 0.2) is 6.61 Å². The highest BCUT2D eigenvalue weighted by Gasteiger charge is 2.37. The van der Waals surface area contributed by atoms with Crippen LogP contribution in [-0.2, 0) is 9.59 Å². The first-order valence-electron chi connectivity index (χ1n) is 9.33. The SMILES string of the molecule is CC[C@H](C)N1C(=O)S/C(=C/c2ccccc2OCC(=O)Nc2ccccc2)C1=O. The smallest absolute Gasteiger partial charge is 0.293 e. The number of amides is 3. The van der Waals surface area contributed by atoms with Crippen LogP contribution in [0.2, 0.25) is 0 Å². The molecule has 3 amide bonds. The fraction of sp³-hybridized carbons (Fsp3) is 0.227. The minimum absolute atomic E-state index is 0.151. The van der Waals surface area contributed by atoms with Crippen LogP contribution in [0.5, 0.6) is 5.75 Å². The molecule has 0 bridgehead atoms. The molecule has 6 nitrogen and oxygen atoms in total. The molecule has 1 saturated heterocycles. The minimum Gasteiger partial charge on any atom is -0.483 e. The number of benzene rings is 2. The number of carbonyl (C=O) groups excluding carboxylic acids is 3. The first kappa shape index (κ1) is 20.7. The van der Waals surface area contributed by atoms with Crippen molar-refractivity contribution >= 4 is 40.6 Å². The van der Waals surface area contributed by atoms with Crippen LogP contribution in [0.1, 0.15) is 25.8 Å². The quantitative estimate of drug-likeness (QED) is 0.678. The van der Waals surface area contributed by atoms with Crippen molar-refractivity contribution in [1.29, 1.82) is 0 Å². The van der Waals surface area contributed by atoms with Gasteiger partial charge < -0.3 is 10.1 Å². The van der Waals surface area contributed by atoms with Gasteiger partial charge in [0.05, 0.1) is 4.91 Å². The van der Waals surface area contributed by atoms with E-state index in [1.165, 1.54) is 4.90 Å². The normalized spacial score (nSPS) is 16.2. The molecule has 1 atom stereocenters. The molecule has 7 heteroatoms. The van der Waals surface area contributed by atoms with Crippen molar-refractivity contribution in [2.75, 3.05) is 11.9 Å². The summed E-state index contributed by atoms with van der Waals surface area (Å²) in [6.07, 6.45) is 2.33. The Morgan fingerprint density at radius 2 is 1.83 bits per heavy atom. The first-order chi connectivity index (χ1) is 14.0. The van der Waals surface area contributed by atoms with E-state index in [9.17, 15) is 14.4 Å². The summed E-state index contributed by atoms with van der Waals surface area (Å²) in [7, 11) is 0. The van der Waals surface area contributed by atoms with Gasteiger partial charge in [0.25, 0.3) is 17.1 Å². The number of para-hydroxylation sites is 2. The molecule has 0 aromatic heterocycles. The molecule has 0 spiro atoms. The number of imide groups is 1. The molecule has 2 aromatic carbocycles. The Balaban J connectivity index is 1.71. The zero-order valence-corrected chi connectivity index (χ0v) is 17.1. The van der Waals surface area contributed by atoms with Crippen LogP contribution in [0.3, 0.4) is 0 Å². The van der Waals surface area contributed by atoms with E-state index in [1.807, 2.05) is 38.1 Å². The molecule has 2 aromatic rings. The van der Waals surface area contributed by atoms with Crippen molar-refractivity contribution < 1.29 is 19.1 Å². The van der Waals surface area contributed by atoms with Gasteiger partial charge in [0.2, 0.25) is 0 Å². The lowest BCUT2D eigenvalue weighted by atomic mass is 10.1. The second-order valence-corrected chi connectivity index (χ2v) is 7.54. The molecule has 0 unspecified atom stereocenters. The Kier molecular flexibility index (Phi) is 6.72. The van der Waals surface area contributed by atoms with Crippen molar-refractivity contribution in [2.24, 2.45) is 0 Å². The second-order valence-electron chi connectivity index (χ2n) is 6.55. The molecular weight excluding hydrogens is 388 g/mol. The summed E-state index contributed by atoms with van der Waals surface area (Å²) in [5.41, 5.74) is 1.32. The van der Waals surface area contributed by atoms with Crippen molar-refractivity contribution in [3.8, 4) is 5.75 Å². The van der Waals surface area contributed by atoms with Crippen LogP contribution in [0, 0.1) is 0 Å². The number of carbonyl (C=O) groups is 3. The fourth-order valence-electron chi connectivity index (χ4n) is 2.78. The topological polar surface area (TPSA) is 75.7 Å². The number of hydrogen-bond acceptors (Lipinski definition) is 5. The third-order valence-electron chi connectivity index (χ3n) is 4.48. The van der Waals surface area contributed by atoms with Crippen molar-refractivity contribution in [1.82, 2.24) is 4.90 Å². The highest BCUT2D eigenvalue weighted by Crippen LogP contribution is 2.35. The van der Waals surface area contributed by atoms with Gasteiger partial charge in [-0.25, -0.2) is 0 Å². The third-order valence-corrected chi connectivity index (χ3v) is 5.36. The predicted octanol–water partition coefficient (Wildman–Crippen LogP) is 4.54. The molecule has 1 aliphatic rings. The summed E-state index contributed by atoms with van der Waals surface area (Å²) < 4.78 is 5.66. The van der Waals surface area contributed by atoms with E-state index in [0.29, 0.717) is 28.3 Å². The molecule has 1 aliphatic heterocycles. The van der Waals surface area contributed by atoms with E-state index < -0.39 is 0 Å². The lowest BCUT2D eigenvalue weighted by molar-refractivity contribution is -0.124. The fourth-order valence-corrected chi connectivity index (χ4v) is 3.70. The Hall–Kier alpha value is -3.06. The van der Waals surface area contributed by atoms with E-state index >= 15 is 0 Å². The predicted molar refractivity (Wildman–Crippen MR) is 115 cm³/mol. The van der Waals surface area contributed by atoms with E-state index in [4.69, 9.17) is 4.74 Å². The molecule has 0 aliphatic carbocycles. The Labute approximate surface area is 173 Å². The molecule has 1 N–H and O–H groups in total. The van der Waals surface area contributed by atoms with Gasteiger partial charge in [-0.1, -0.05) is 43.3 Å². The maximum atomic E-state index is 12.6. The lowest BCUT2D eigenvalue weighted by Gasteiger charge is -2.19. The van der Waals surface area contributed by atoms with Crippen LogP contribution in [0.4, 0.5) is 10.5 Å². The van der Waals surface area contributed by atoms with Gasteiger partial charge in [0, 0.05) is 17.3 Å². The molecule has 3 rings (SSSR count). The highest BCUT2D eigenvalue weighted by atomic mass is 32.2. The standard InChI is InChI=1S/C22H22N2O4S/c1-3-15(2)24-21(26)19(29-22(24)27)13-16-9-7-8-12-18(16)28-14-20(25)23-17-10-5-4-6-11-17/h4-13,15H,3,14H2,1-2H3,(H,23,25)/b19-13+/t15-/m0/s1.